The molecule has 0 aromatic heterocycles. The number of para-hydroxylation sites is 1. The average Bonchev–Trinajstić information content (AvgIpc) is 2.42. The Kier molecular flexibility index (Phi) is 7.71. The Morgan fingerprint density at radius 2 is 2.24 bits per heavy atom. The van der Waals surface area contributed by atoms with E-state index in [1.807, 2.05) is 6.92 Å². The Hall–Kier alpha value is -1.66. The van der Waals surface area contributed by atoms with Crippen molar-refractivity contribution in [1.29, 1.82) is 0 Å². The van der Waals surface area contributed by atoms with Gasteiger partial charge in [0.25, 0.3) is 5.91 Å². The van der Waals surface area contributed by atoms with Gasteiger partial charge >= 0.3 is 0 Å². The van der Waals surface area contributed by atoms with Gasteiger partial charge in [-0.25, -0.2) is 4.39 Å². The minimum atomic E-state index is -0.486. The number of rotatable bonds is 9. The molecule has 0 bridgehead atoms. The van der Waals surface area contributed by atoms with Crippen molar-refractivity contribution < 1.29 is 18.7 Å². The lowest BCUT2D eigenvalue weighted by molar-refractivity contribution is -0.123. The number of halogens is 1. The van der Waals surface area contributed by atoms with Gasteiger partial charge in [0.1, 0.15) is 0 Å². The van der Waals surface area contributed by atoms with Gasteiger partial charge in [0.2, 0.25) is 0 Å². The zero-order valence-corrected chi connectivity index (χ0v) is 12.5. The van der Waals surface area contributed by atoms with E-state index in [4.69, 9.17) is 15.2 Å². The van der Waals surface area contributed by atoms with E-state index < -0.39 is 5.82 Å². The number of amides is 1. The molecule has 0 aliphatic heterocycles. The molecule has 0 heterocycles. The summed E-state index contributed by atoms with van der Waals surface area (Å²) in [6.45, 7) is 2.68. The minimum Gasteiger partial charge on any atom is -0.480 e. The van der Waals surface area contributed by atoms with Crippen molar-refractivity contribution in [1.82, 2.24) is 5.32 Å². The second kappa shape index (κ2) is 9.31. The summed E-state index contributed by atoms with van der Waals surface area (Å²) in [7, 11) is 1.60. The first-order chi connectivity index (χ1) is 10.0. The number of methoxy groups -OCH3 is 1. The molecule has 0 fully saturated rings. The fourth-order valence-corrected chi connectivity index (χ4v) is 1.86. The highest BCUT2D eigenvalue weighted by Gasteiger charge is 2.13. The first-order valence-electron chi connectivity index (χ1n) is 6.96. The van der Waals surface area contributed by atoms with E-state index in [-0.39, 0.29) is 24.3 Å². The molecule has 1 rings (SSSR count). The molecular weight excluding hydrogens is 275 g/mol. The number of carbonyl (C=O) groups is 1. The molecule has 0 radical (unpaired) electrons. The molecule has 5 nitrogen and oxygen atoms in total. The van der Waals surface area contributed by atoms with Crippen LogP contribution in [0.1, 0.15) is 18.9 Å². The second-order valence-electron chi connectivity index (χ2n) is 4.89. The Bertz CT molecular complexity index is 453. The summed E-state index contributed by atoms with van der Waals surface area (Å²) in [5.74, 6) is -0.678. The SMILES string of the molecule is COCCCNC(=O)COc1c(F)cccc1CC(C)N. The van der Waals surface area contributed by atoms with Gasteiger partial charge in [-0.3, -0.25) is 4.79 Å². The van der Waals surface area contributed by atoms with Crippen molar-refractivity contribution >= 4 is 5.91 Å². The predicted octanol–water partition coefficient (Wildman–Crippen LogP) is 1.25. The molecule has 1 aromatic rings. The molecule has 1 unspecified atom stereocenters. The first kappa shape index (κ1) is 17.4. The lowest BCUT2D eigenvalue weighted by atomic mass is 10.1. The van der Waals surface area contributed by atoms with Crippen LogP contribution in [-0.4, -0.2) is 38.8 Å². The average molecular weight is 298 g/mol. The number of benzene rings is 1. The highest BCUT2D eigenvalue weighted by molar-refractivity contribution is 5.77. The molecule has 1 amide bonds. The van der Waals surface area contributed by atoms with Gasteiger partial charge in [-0.1, -0.05) is 12.1 Å². The quantitative estimate of drug-likeness (QED) is 0.673. The molecule has 6 heteroatoms. The van der Waals surface area contributed by atoms with Crippen LogP contribution in [0.5, 0.6) is 5.75 Å². The first-order valence-corrected chi connectivity index (χ1v) is 6.96. The van der Waals surface area contributed by atoms with Gasteiger partial charge in [-0.05, 0) is 31.4 Å². The maximum absolute atomic E-state index is 13.8. The van der Waals surface area contributed by atoms with Gasteiger partial charge in [-0.2, -0.15) is 0 Å². The largest absolute Gasteiger partial charge is 0.480 e. The number of nitrogens with two attached hydrogens (primary N) is 1. The topological polar surface area (TPSA) is 73.6 Å². The Morgan fingerprint density at radius 3 is 2.90 bits per heavy atom. The molecular formula is C15H23FN2O3. The summed E-state index contributed by atoms with van der Waals surface area (Å²) >= 11 is 0. The van der Waals surface area contributed by atoms with Gasteiger partial charge in [0, 0.05) is 26.3 Å². The van der Waals surface area contributed by atoms with E-state index in [2.05, 4.69) is 5.32 Å². The van der Waals surface area contributed by atoms with Crippen LogP contribution >= 0.6 is 0 Å². The van der Waals surface area contributed by atoms with Gasteiger partial charge < -0.3 is 20.5 Å². The van der Waals surface area contributed by atoms with Crippen LogP contribution < -0.4 is 15.8 Å². The van der Waals surface area contributed by atoms with E-state index in [0.29, 0.717) is 25.1 Å². The molecule has 0 saturated carbocycles. The van der Waals surface area contributed by atoms with Crippen LogP contribution in [0.25, 0.3) is 0 Å². The maximum atomic E-state index is 13.8. The Balaban J connectivity index is 2.52. The van der Waals surface area contributed by atoms with Gasteiger partial charge in [-0.15, -0.1) is 0 Å². The molecule has 3 N–H and O–H groups in total. The zero-order valence-electron chi connectivity index (χ0n) is 12.5. The molecule has 1 aromatic carbocycles. The monoisotopic (exact) mass is 298 g/mol. The van der Waals surface area contributed by atoms with Crippen LogP contribution in [0.3, 0.4) is 0 Å². The van der Waals surface area contributed by atoms with E-state index >= 15 is 0 Å². The summed E-state index contributed by atoms with van der Waals surface area (Å²) in [6, 6.07) is 4.54. The molecule has 21 heavy (non-hydrogen) atoms. The van der Waals surface area contributed by atoms with E-state index in [9.17, 15) is 9.18 Å². The van der Waals surface area contributed by atoms with Crippen LogP contribution in [0.4, 0.5) is 4.39 Å². The molecule has 1 atom stereocenters. The highest BCUT2D eigenvalue weighted by atomic mass is 19.1. The minimum absolute atomic E-state index is 0.0989. The molecule has 0 aliphatic rings. The summed E-state index contributed by atoms with van der Waals surface area (Å²) in [5.41, 5.74) is 6.39. The third-order valence-electron chi connectivity index (χ3n) is 2.79. The Morgan fingerprint density at radius 1 is 1.48 bits per heavy atom. The number of hydrogen-bond donors (Lipinski definition) is 2. The van der Waals surface area contributed by atoms with Crippen molar-refractivity contribution in [2.24, 2.45) is 5.73 Å². The summed E-state index contributed by atoms with van der Waals surface area (Å²) < 4.78 is 24.0. The van der Waals surface area contributed by atoms with Crippen molar-refractivity contribution in [3.63, 3.8) is 0 Å². The number of nitrogens with one attached hydrogen (secondary N) is 1. The normalized spacial score (nSPS) is 12.0. The summed E-state index contributed by atoms with van der Waals surface area (Å²) in [5, 5.41) is 2.68. The standard InChI is InChI=1S/C15H23FN2O3/c1-11(17)9-12-5-3-6-13(16)15(12)21-10-14(19)18-7-4-8-20-2/h3,5-6,11H,4,7-10,17H2,1-2H3,(H,18,19). The fraction of sp³-hybridized carbons (Fsp3) is 0.533. The lowest BCUT2D eigenvalue weighted by Crippen LogP contribution is -2.30. The van der Waals surface area contributed by atoms with Gasteiger partial charge in [0.05, 0.1) is 0 Å². The zero-order chi connectivity index (χ0) is 15.7. The highest BCUT2D eigenvalue weighted by Crippen LogP contribution is 2.23. The summed E-state index contributed by atoms with van der Waals surface area (Å²) in [4.78, 5) is 11.6. The van der Waals surface area contributed by atoms with Crippen LogP contribution in [0, 0.1) is 5.82 Å². The number of hydrogen-bond acceptors (Lipinski definition) is 4. The van der Waals surface area contributed by atoms with E-state index in [1.165, 1.54) is 6.07 Å². The molecule has 0 aliphatic carbocycles. The van der Waals surface area contributed by atoms with E-state index in [0.717, 1.165) is 6.42 Å². The van der Waals surface area contributed by atoms with Crippen molar-refractivity contribution in [2.75, 3.05) is 26.9 Å². The smallest absolute Gasteiger partial charge is 0.257 e. The van der Waals surface area contributed by atoms with Crippen molar-refractivity contribution in [3.8, 4) is 5.75 Å². The Labute approximate surface area is 124 Å². The predicted molar refractivity (Wildman–Crippen MR) is 78.8 cm³/mol. The number of ether oxygens (including phenoxy) is 2. The van der Waals surface area contributed by atoms with Crippen LogP contribution in [0.15, 0.2) is 18.2 Å². The lowest BCUT2D eigenvalue weighted by Gasteiger charge is -2.13. The van der Waals surface area contributed by atoms with Crippen LogP contribution in [0.2, 0.25) is 0 Å². The third-order valence-corrected chi connectivity index (χ3v) is 2.79. The number of carbonyl (C=O) groups excluding carboxylic acids is 1. The van der Waals surface area contributed by atoms with Crippen LogP contribution in [-0.2, 0) is 16.0 Å². The summed E-state index contributed by atoms with van der Waals surface area (Å²) in [6.07, 6.45) is 1.21. The van der Waals surface area contributed by atoms with E-state index in [1.54, 1.807) is 19.2 Å². The maximum Gasteiger partial charge on any atom is 0.257 e. The van der Waals surface area contributed by atoms with Crippen molar-refractivity contribution in [2.45, 2.75) is 25.8 Å². The van der Waals surface area contributed by atoms with Gasteiger partial charge in [0.15, 0.2) is 18.2 Å². The van der Waals surface area contributed by atoms with Crippen molar-refractivity contribution in [3.05, 3.63) is 29.6 Å². The molecule has 0 saturated heterocycles. The second-order valence-corrected chi connectivity index (χ2v) is 4.89. The molecule has 0 spiro atoms. The fourth-order valence-electron chi connectivity index (χ4n) is 1.86. The third kappa shape index (κ3) is 6.55. The molecule has 118 valence electrons.